The van der Waals surface area contributed by atoms with Crippen LogP contribution in [0.1, 0.15) is 11.4 Å². The molecule has 3 nitrogen and oxygen atoms in total. The number of halogens is 1. The molecule has 0 atom stereocenters. The summed E-state index contributed by atoms with van der Waals surface area (Å²) in [5.41, 5.74) is 3.43. The van der Waals surface area contributed by atoms with Crippen molar-refractivity contribution in [2.24, 2.45) is 0 Å². The van der Waals surface area contributed by atoms with Crippen LogP contribution < -0.4 is 5.32 Å². The van der Waals surface area contributed by atoms with E-state index in [2.05, 4.69) is 14.7 Å². The van der Waals surface area contributed by atoms with Crippen molar-refractivity contribution in [2.45, 2.75) is 13.0 Å². The Hall–Kier alpha value is -1.06. The van der Waals surface area contributed by atoms with E-state index in [1.807, 2.05) is 18.3 Å². The summed E-state index contributed by atoms with van der Waals surface area (Å²) in [5.74, 6) is 0. The molecule has 1 N–H and O–H groups in total. The molecule has 2 aromatic heterocycles. The SMILES string of the molecule is Clc1ccc2nc3c(n2c1)CNCC3. The van der Waals surface area contributed by atoms with Crippen LogP contribution in [0.5, 0.6) is 0 Å². The van der Waals surface area contributed by atoms with E-state index in [4.69, 9.17) is 11.6 Å². The van der Waals surface area contributed by atoms with Gasteiger partial charge in [-0.15, -0.1) is 0 Å². The number of aromatic nitrogens is 2. The molecular weight excluding hydrogens is 198 g/mol. The summed E-state index contributed by atoms with van der Waals surface area (Å²) in [6.07, 6.45) is 2.93. The summed E-state index contributed by atoms with van der Waals surface area (Å²) in [6, 6.07) is 3.84. The molecule has 2 aromatic rings. The van der Waals surface area contributed by atoms with Crippen molar-refractivity contribution in [2.75, 3.05) is 6.54 Å². The van der Waals surface area contributed by atoms with Gasteiger partial charge in [0.1, 0.15) is 5.65 Å². The normalized spacial score (nSPS) is 15.8. The zero-order valence-electron chi connectivity index (χ0n) is 7.63. The van der Waals surface area contributed by atoms with Gasteiger partial charge in [0.15, 0.2) is 0 Å². The molecule has 0 saturated heterocycles. The van der Waals surface area contributed by atoms with Crippen molar-refractivity contribution in [3.63, 3.8) is 0 Å². The summed E-state index contributed by atoms with van der Waals surface area (Å²) in [4.78, 5) is 4.56. The van der Waals surface area contributed by atoms with Gasteiger partial charge in [-0.05, 0) is 12.1 Å². The lowest BCUT2D eigenvalue weighted by Gasteiger charge is -2.11. The van der Waals surface area contributed by atoms with Gasteiger partial charge in [0.05, 0.1) is 16.4 Å². The number of pyridine rings is 1. The van der Waals surface area contributed by atoms with Crippen molar-refractivity contribution >= 4 is 17.2 Å². The van der Waals surface area contributed by atoms with E-state index in [9.17, 15) is 0 Å². The van der Waals surface area contributed by atoms with E-state index in [-0.39, 0.29) is 0 Å². The van der Waals surface area contributed by atoms with E-state index < -0.39 is 0 Å². The van der Waals surface area contributed by atoms with Crippen molar-refractivity contribution in [3.8, 4) is 0 Å². The molecule has 0 bridgehead atoms. The lowest BCUT2D eigenvalue weighted by atomic mass is 10.2. The maximum Gasteiger partial charge on any atom is 0.137 e. The fraction of sp³-hybridized carbons (Fsp3) is 0.300. The molecule has 14 heavy (non-hydrogen) atoms. The number of hydrogen-bond donors (Lipinski definition) is 1. The van der Waals surface area contributed by atoms with Gasteiger partial charge in [-0.25, -0.2) is 4.98 Å². The molecule has 4 heteroatoms. The summed E-state index contributed by atoms with van der Waals surface area (Å²) >= 11 is 5.95. The van der Waals surface area contributed by atoms with E-state index in [0.29, 0.717) is 0 Å². The second kappa shape index (κ2) is 2.97. The third-order valence-corrected chi connectivity index (χ3v) is 2.82. The van der Waals surface area contributed by atoms with Crippen molar-refractivity contribution in [3.05, 3.63) is 34.7 Å². The van der Waals surface area contributed by atoms with Crippen LogP contribution in [-0.2, 0) is 13.0 Å². The predicted octanol–water partition coefficient (Wildman–Crippen LogP) is 1.63. The lowest BCUT2D eigenvalue weighted by Crippen LogP contribution is -2.24. The second-order valence-electron chi connectivity index (χ2n) is 3.51. The van der Waals surface area contributed by atoms with E-state index in [0.717, 1.165) is 30.2 Å². The first kappa shape index (κ1) is 8.26. The molecule has 3 rings (SSSR count). The average Bonchev–Trinajstić information content (AvgIpc) is 2.56. The second-order valence-corrected chi connectivity index (χ2v) is 3.94. The number of hydrogen-bond acceptors (Lipinski definition) is 2. The standard InChI is InChI=1S/C10H10ClN3/c11-7-1-2-10-13-8-3-4-12-5-9(8)14(10)6-7/h1-2,6,12H,3-5H2. The first-order valence-electron chi connectivity index (χ1n) is 4.71. The van der Waals surface area contributed by atoms with Crippen LogP contribution in [0.3, 0.4) is 0 Å². The van der Waals surface area contributed by atoms with Crippen LogP contribution in [0.25, 0.3) is 5.65 Å². The highest BCUT2D eigenvalue weighted by Crippen LogP contribution is 2.18. The largest absolute Gasteiger partial charge is 0.311 e. The molecule has 72 valence electrons. The fourth-order valence-electron chi connectivity index (χ4n) is 1.92. The topological polar surface area (TPSA) is 29.3 Å². The summed E-state index contributed by atoms with van der Waals surface area (Å²) in [7, 11) is 0. The molecule has 0 fully saturated rings. The predicted molar refractivity (Wildman–Crippen MR) is 55.6 cm³/mol. The van der Waals surface area contributed by atoms with Crippen molar-refractivity contribution in [1.82, 2.24) is 14.7 Å². The quantitative estimate of drug-likeness (QED) is 0.712. The summed E-state index contributed by atoms with van der Waals surface area (Å²) in [6.45, 7) is 1.90. The smallest absolute Gasteiger partial charge is 0.137 e. The minimum absolute atomic E-state index is 0.753. The maximum absolute atomic E-state index is 5.95. The van der Waals surface area contributed by atoms with Crippen molar-refractivity contribution < 1.29 is 0 Å². The van der Waals surface area contributed by atoms with Gasteiger partial charge < -0.3 is 9.72 Å². The highest BCUT2D eigenvalue weighted by Gasteiger charge is 2.15. The fourth-order valence-corrected chi connectivity index (χ4v) is 2.08. The van der Waals surface area contributed by atoms with Gasteiger partial charge in [-0.2, -0.15) is 0 Å². The monoisotopic (exact) mass is 207 g/mol. The minimum Gasteiger partial charge on any atom is -0.311 e. The van der Waals surface area contributed by atoms with Crippen LogP contribution in [0.2, 0.25) is 5.02 Å². The molecule has 3 heterocycles. The van der Waals surface area contributed by atoms with Gasteiger partial charge in [-0.1, -0.05) is 11.6 Å². The van der Waals surface area contributed by atoms with Gasteiger partial charge in [0.2, 0.25) is 0 Å². The van der Waals surface area contributed by atoms with Crippen LogP contribution >= 0.6 is 11.6 Å². The number of nitrogens with zero attached hydrogens (tertiary/aromatic N) is 2. The van der Waals surface area contributed by atoms with E-state index >= 15 is 0 Å². The summed E-state index contributed by atoms with van der Waals surface area (Å²) < 4.78 is 2.07. The number of fused-ring (bicyclic) bond motifs is 3. The number of rotatable bonds is 0. The average molecular weight is 208 g/mol. The Balaban J connectivity index is 2.32. The molecule has 0 amide bonds. The Morgan fingerprint density at radius 2 is 2.36 bits per heavy atom. The Bertz CT molecular complexity index is 489. The highest BCUT2D eigenvalue weighted by atomic mass is 35.5. The van der Waals surface area contributed by atoms with Crippen LogP contribution in [-0.4, -0.2) is 15.9 Å². The third kappa shape index (κ3) is 1.13. The molecule has 0 aromatic carbocycles. The van der Waals surface area contributed by atoms with Crippen LogP contribution in [0, 0.1) is 0 Å². The Labute approximate surface area is 86.7 Å². The molecule has 1 aliphatic heterocycles. The first-order chi connectivity index (χ1) is 6.84. The zero-order valence-corrected chi connectivity index (χ0v) is 8.38. The Kier molecular flexibility index (Phi) is 1.75. The summed E-state index contributed by atoms with van der Waals surface area (Å²) in [5, 5.41) is 4.09. The molecule has 0 unspecified atom stereocenters. The molecule has 0 radical (unpaired) electrons. The number of imidazole rings is 1. The van der Waals surface area contributed by atoms with Gasteiger partial charge >= 0.3 is 0 Å². The highest BCUT2D eigenvalue weighted by molar-refractivity contribution is 6.30. The lowest BCUT2D eigenvalue weighted by molar-refractivity contribution is 0.621. The number of nitrogens with one attached hydrogen (secondary N) is 1. The third-order valence-electron chi connectivity index (χ3n) is 2.60. The Morgan fingerprint density at radius 3 is 3.29 bits per heavy atom. The molecule has 0 spiro atoms. The minimum atomic E-state index is 0.753. The molecule has 0 aliphatic carbocycles. The van der Waals surface area contributed by atoms with Crippen molar-refractivity contribution in [1.29, 1.82) is 0 Å². The van der Waals surface area contributed by atoms with E-state index in [1.54, 1.807) is 0 Å². The zero-order chi connectivity index (χ0) is 9.54. The Morgan fingerprint density at radius 1 is 1.43 bits per heavy atom. The van der Waals surface area contributed by atoms with Gasteiger partial charge in [0.25, 0.3) is 0 Å². The first-order valence-corrected chi connectivity index (χ1v) is 5.08. The molecule has 1 aliphatic rings. The van der Waals surface area contributed by atoms with Crippen LogP contribution in [0.4, 0.5) is 0 Å². The molecule has 0 saturated carbocycles. The van der Waals surface area contributed by atoms with E-state index in [1.165, 1.54) is 11.4 Å². The van der Waals surface area contributed by atoms with Gasteiger partial charge in [-0.3, -0.25) is 0 Å². The van der Waals surface area contributed by atoms with Gasteiger partial charge in [0, 0.05) is 25.7 Å². The molecular formula is C10H10ClN3. The maximum atomic E-state index is 5.95. The van der Waals surface area contributed by atoms with Crippen LogP contribution in [0.15, 0.2) is 18.3 Å².